The summed E-state index contributed by atoms with van der Waals surface area (Å²) in [7, 11) is 0. The fourth-order valence-electron chi connectivity index (χ4n) is 4.43. The summed E-state index contributed by atoms with van der Waals surface area (Å²) in [6.45, 7) is 0.494. The van der Waals surface area contributed by atoms with Crippen molar-refractivity contribution < 1.29 is 9.90 Å². The standard InChI is InChI=1S/C31H26N6O2S/c38-20-22-11-5-9-17-27(22)40-26-16-8-4-10-21(26)19-32-31-33-25-15-7-6-14-24(25)30(35-31)34-28-18-29(39)37(36-28)23-12-2-1-3-13-23/h1-17,38H,18-20H2,(H2,32,33,34,35,36). The molecule has 6 rings (SSSR count). The van der Waals surface area contributed by atoms with Gasteiger partial charge in [0.05, 0.1) is 24.2 Å². The molecular formula is C31H26N6O2S. The van der Waals surface area contributed by atoms with Gasteiger partial charge >= 0.3 is 0 Å². The van der Waals surface area contributed by atoms with E-state index in [4.69, 9.17) is 9.97 Å². The molecule has 4 aromatic carbocycles. The van der Waals surface area contributed by atoms with E-state index in [1.165, 1.54) is 5.01 Å². The van der Waals surface area contributed by atoms with E-state index in [1.54, 1.807) is 11.8 Å². The minimum Gasteiger partial charge on any atom is -0.392 e. The normalized spacial score (nSPS) is 13.0. The van der Waals surface area contributed by atoms with Crippen LogP contribution in [-0.4, -0.2) is 26.8 Å². The van der Waals surface area contributed by atoms with Gasteiger partial charge in [-0.3, -0.25) is 4.79 Å². The first-order valence-electron chi connectivity index (χ1n) is 12.9. The Kier molecular flexibility index (Phi) is 7.39. The number of amidine groups is 1. The molecule has 1 aliphatic rings. The molecule has 2 heterocycles. The molecule has 198 valence electrons. The van der Waals surface area contributed by atoms with Gasteiger partial charge in [-0.25, -0.2) is 4.98 Å². The van der Waals surface area contributed by atoms with Crippen LogP contribution in [0.25, 0.3) is 10.9 Å². The van der Waals surface area contributed by atoms with E-state index in [0.717, 1.165) is 37.5 Å². The number of para-hydroxylation sites is 2. The van der Waals surface area contributed by atoms with Crippen molar-refractivity contribution in [2.75, 3.05) is 15.6 Å². The van der Waals surface area contributed by atoms with Gasteiger partial charge < -0.3 is 15.7 Å². The van der Waals surface area contributed by atoms with Crippen molar-refractivity contribution in [2.45, 2.75) is 29.4 Å². The molecule has 40 heavy (non-hydrogen) atoms. The van der Waals surface area contributed by atoms with Gasteiger partial charge in [0.25, 0.3) is 5.91 Å². The average molecular weight is 547 g/mol. The molecule has 0 fully saturated rings. The van der Waals surface area contributed by atoms with E-state index >= 15 is 0 Å². The van der Waals surface area contributed by atoms with Gasteiger partial charge in [-0.05, 0) is 47.5 Å². The lowest BCUT2D eigenvalue weighted by Crippen LogP contribution is -2.19. The molecule has 0 bridgehead atoms. The summed E-state index contributed by atoms with van der Waals surface area (Å²) in [5.41, 5.74) is 3.46. The number of aliphatic hydroxyl groups is 1. The second-order valence-corrected chi connectivity index (χ2v) is 10.2. The van der Waals surface area contributed by atoms with Crippen molar-refractivity contribution in [3.05, 3.63) is 114 Å². The number of benzene rings is 4. The van der Waals surface area contributed by atoms with E-state index < -0.39 is 0 Å². The Morgan fingerprint density at radius 1 is 0.800 bits per heavy atom. The fourth-order valence-corrected chi connectivity index (χ4v) is 5.50. The number of nitrogens with zero attached hydrogens (tertiary/aromatic N) is 4. The highest BCUT2D eigenvalue weighted by atomic mass is 32.2. The Labute approximate surface area is 235 Å². The van der Waals surface area contributed by atoms with Gasteiger partial charge in [0.2, 0.25) is 5.95 Å². The van der Waals surface area contributed by atoms with Crippen LogP contribution in [0.4, 0.5) is 17.5 Å². The highest BCUT2D eigenvalue weighted by molar-refractivity contribution is 7.99. The highest BCUT2D eigenvalue weighted by Gasteiger charge is 2.26. The van der Waals surface area contributed by atoms with Gasteiger partial charge in [-0.1, -0.05) is 78.5 Å². The number of aromatic nitrogens is 2. The number of nitrogens with one attached hydrogen (secondary N) is 2. The predicted octanol–water partition coefficient (Wildman–Crippen LogP) is 6.05. The lowest BCUT2D eigenvalue weighted by atomic mass is 10.2. The maximum Gasteiger partial charge on any atom is 0.255 e. The lowest BCUT2D eigenvalue weighted by Gasteiger charge is -2.14. The van der Waals surface area contributed by atoms with E-state index in [1.807, 2.05) is 91.0 Å². The second-order valence-electron chi connectivity index (χ2n) is 9.13. The van der Waals surface area contributed by atoms with Crippen LogP contribution in [0.2, 0.25) is 0 Å². The summed E-state index contributed by atoms with van der Waals surface area (Å²) in [5, 5.41) is 23.2. The molecule has 1 aromatic heterocycles. The van der Waals surface area contributed by atoms with Crippen molar-refractivity contribution in [3.63, 3.8) is 0 Å². The van der Waals surface area contributed by atoms with Gasteiger partial charge in [0.15, 0.2) is 0 Å². The van der Waals surface area contributed by atoms with Crippen molar-refractivity contribution in [2.24, 2.45) is 5.10 Å². The number of anilines is 3. The quantitative estimate of drug-likeness (QED) is 0.218. The average Bonchev–Trinajstić information content (AvgIpc) is 3.37. The lowest BCUT2D eigenvalue weighted by molar-refractivity contribution is -0.116. The Morgan fingerprint density at radius 2 is 1.48 bits per heavy atom. The molecule has 0 radical (unpaired) electrons. The van der Waals surface area contributed by atoms with Crippen LogP contribution in [0.5, 0.6) is 0 Å². The first-order chi connectivity index (χ1) is 19.7. The van der Waals surface area contributed by atoms with Crippen LogP contribution in [0, 0.1) is 0 Å². The molecule has 8 nitrogen and oxygen atoms in total. The Bertz CT molecular complexity index is 1710. The molecule has 1 amide bonds. The number of amides is 1. The van der Waals surface area contributed by atoms with Gasteiger partial charge in [0.1, 0.15) is 11.7 Å². The van der Waals surface area contributed by atoms with Crippen LogP contribution in [-0.2, 0) is 17.9 Å². The SMILES string of the molecule is O=C1CC(Nc2nc(NCc3ccccc3Sc3ccccc3CO)nc3ccccc23)=NN1c1ccccc1. The zero-order chi connectivity index (χ0) is 27.3. The Balaban J connectivity index is 1.25. The van der Waals surface area contributed by atoms with Crippen LogP contribution in [0.15, 0.2) is 118 Å². The van der Waals surface area contributed by atoms with Crippen molar-refractivity contribution in [3.8, 4) is 0 Å². The van der Waals surface area contributed by atoms with E-state index in [0.29, 0.717) is 24.1 Å². The largest absolute Gasteiger partial charge is 0.392 e. The number of carbonyl (C=O) groups excluding carboxylic acids is 1. The summed E-state index contributed by atoms with van der Waals surface area (Å²) in [6.07, 6.45) is 0.149. The molecule has 0 unspecified atom stereocenters. The van der Waals surface area contributed by atoms with Crippen LogP contribution in [0.1, 0.15) is 17.5 Å². The van der Waals surface area contributed by atoms with Crippen LogP contribution < -0.4 is 15.6 Å². The van der Waals surface area contributed by atoms with Gasteiger partial charge in [0, 0.05) is 21.7 Å². The summed E-state index contributed by atoms with van der Waals surface area (Å²) in [5.74, 6) is 1.45. The molecule has 3 N–H and O–H groups in total. The van der Waals surface area contributed by atoms with Gasteiger partial charge in [-0.15, -0.1) is 0 Å². The van der Waals surface area contributed by atoms with E-state index in [9.17, 15) is 9.90 Å². The molecule has 0 aliphatic carbocycles. The minimum atomic E-state index is -0.109. The summed E-state index contributed by atoms with van der Waals surface area (Å²) in [4.78, 5) is 24.3. The molecule has 0 spiro atoms. The molecule has 5 aromatic rings. The number of fused-ring (bicyclic) bond motifs is 1. The summed E-state index contributed by atoms with van der Waals surface area (Å²) >= 11 is 1.62. The highest BCUT2D eigenvalue weighted by Crippen LogP contribution is 2.33. The zero-order valence-electron chi connectivity index (χ0n) is 21.5. The first kappa shape index (κ1) is 25.5. The minimum absolute atomic E-state index is 0.00963. The maximum atomic E-state index is 12.7. The number of hydrogen-bond acceptors (Lipinski definition) is 8. The first-order valence-corrected chi connectivity index (χ1v) is 13.7. The third-order valence-electron chi connectivity index (χ3n) is 6.41. The topological polar surface area (TPSA) is 103 Å². The third-order valence-corrected chi connectivity index (χ3v) is 7.65. The summed E-state index contributed by atoms with van der Waals surface area (Å²) in [6, 6.07) is 33.1. The number of aliphatic hydroxyl groups excluding tert-OH is 1. The Hall–Kier alpha value is -4.73. The monoisotopic (exact) mass is 546 g/mol. The number of carbonyl (C=O) groups is 1. The molecule has 9 heteroatoms. The molecule has 0 saturated heterocycles. The zero-order valence-corrected chi connectivity index (χ0v) is 22.3. The number of hydrazone groups is 1. The van der Waals surface area contributed by atoms with E-state index in [2.05, 4.69) is 27.9 Å². The second kappa shape index (κ2) is 11.6. The molecule has 0 atom stereocenters. The third kappa shape index (κ3) is 5.51. The van der Waals surface area contributed by atoms with Gasteiger partial charge in [-0.2, -0.15) is 15.1 Å². The Morgan fingerprint density at radius 3 is 2.27 bits per heavy atom. The molecule has 1 aliphatic heterocycles. The fraction of sp³-hybridized carbons (Fsp3) is 0.0968. The predicted molar refractivity (Wildman–Crippen MR) is 159 cm³/mol. The number of rotatable bonds is 8. The van der Waals surface area contributed by atoms with Crippen molar-refractivity contribution >= 4 is 51.9 Å². The summed E-state index contributed by atoms with van der Waals surface area (Å²) < 4.78 is 0. The van der Waals surface area contributed by atoms with Crippen LogP contribution >= 0.6 is 11.8 Å². The molecule has 0 saturated carbocycles. The van der Waals surface area contributed by atoms with Crippen molar-refractivity contribution in [1.82, 2.24) is 9.97 Å². The van der Waals surface area contributed by atoms with Crippen molar-refractivity contribution in [1.29, 1.82) is 0 Å². The number of hydrogen-bond donors (Lipinski definition) is 3. The smallest absolute Gasteiger partial charge is 0.255 e. The van der Waals surface area contributed by atoms with E-state index in [-0.39, 0.29) is 18.9 Å². The molecular weight excluding hydrogens is 520 g/mol. The maximum absolute atomic E-state index is 12.7. The van der Waals surface area contributed by atoms with Crippen LogP contribution in [0.3, 0.4) is 0 Å².